The SMILES string of the molecule is COc1ccc(C(=O)c2ccc(OCC(=O)N3CCC(CCCC4CCN(C(=S)Nc5ccccc5OC)CC4)CC3)cc2)c(OC)c1. The van der Waals surface area contributed by atoms with Gasteiger partial charge in [0.2, 0.25) is 0 Å². The minimum Gasteiger partial charge on any atom is -0.497 e. The van der Waals surface area contributed by atoms with Crippen molar-refractivity contribution < 1.29 is 28.5 Å². The fraction of sp³-hybridized carbons (Fsp3) is 0.447. The van der Waals surface area contributed by atoms with Gasteiger partial charge in [-0.3, -0.25) is 9.59 Å². The standard InChI is InChI=1S/C38H47N3O6S/c1-44-31-15-16-32(35(25-31)46-3)37(43)29-11-13-30(14-12-29)47-26-36(42)40-21-17-27(18-22-40)7-6-8-28-19-23-41(24-20-28)38(48)39-33-9-4-5-10-34(33)45-2/h4-5,9-16,25,27-28H,6-8,17-24,26H2,1-3H3,(H,39,48). The zero-order valence-corrected chi connectivity index (χ0v) is 29.1. The molecule has 5 rings (SSSR count). The highest BCUT2D eigenvalue weighted by molar-refractivity contribution is 7.80. The topological polar surface area (TPSA) is 89.6 Å². The largest absolute Gasteiger partial charge is 0.497 e. The Hall–Kier alpha value is -4.31. The average Bonchev–Trinajstić information content (AvgIpc) is 3.14. The Labute approximate surface area is 289 Å². The van der Waals surface area contributed by atoms with Crippen LogP contribution in [0.1, 0.15) is 60.9 Å². The lowest BCUT2D eigenvalue weighted by molar-refractivity contribution is -0.134. The van der Waals surface area contributed by atoms with Crippen LogP contribution in [0.5, 0.6) is 23.0 Å². The van der Waals surface area contributed by atoms with Crippen molar-refractivity contribution in [3.63, 3.8) is 0 Å². The van der Waals surface area contributed by atoms with E-state index in [0.29, 0.717) is 34.3 Å². The monoisotopic (exact) mass is 673 g/mol. The molecule has 48 heavy (non-hydrogen) atoms. The molecule has 0 aromatic heterocycles. The summed E-state index contributed by atoms with van der Waals surface area (Å²) in [7, 11) is 4.76. The van der Waals surface area contributed by atoms with Crippen LogP contribution in [0, 0.1) is 11.8 Å². The average molecular weight is 674 g/mol. The van der Waals surface area contributed by atoms with Crippen molar-refractivity contribution in [3.8, 4) is 23.0 Å². The number of carbonyl (C=O) groups excluding carboxylic acids is 2. The molecule has 2 saturated heterocycles. The number of methoxy groups -OCH3 is 3. The van der Waals surface area contributed by atoms with E-state index >= 15 is 0 Å². The maximum atomic E-state index is 13.1. The molecule has 0 saturated carbocycles. The summed E-state index contributed by atoms with van der Waals surface area (Å²) in [5.41, 5.74) is 1.86. The van der Waals surface area contributed by atoms with E-state index in [0.717, 1.165) is 74.3 Å². The number of nitrogens with one attached hydrogen (secondary N) is 1. The number of piperidine rings is 2. The van der Waals surface area contributed by atoms with E-state index in [1.807, 2.05) is 29.2 Å². The summed E-state index contributed by atoms with van der Waals surface area (Å²) >= 11 is 5.69. The van der Waals surface area contributed by atoms with Gasteiger partial charge in [0.25, 0.3) is 5.91 Å². The van der Waals surface area contributed by atoms with Gasteiger partial charge in [-0.25, -0.2) is 0 Å². The first-order chi connectivity index (χ1) is 23.4. The van der Waals surface area contributed by atoms with Crippen molar-refractivity contribution in [2.75, 3.05) is 59.4 Å². The van der Waals surface area contributed by atoms with Gasteiger partial charge in [-0.15, -0.1) is 0 Å². The Morgan fingerprint density at radius 1 is 0.750 bits per heavy atom. The number of hydrogen-bond donors (Lipinski definition) is 1. The predicted molar refractivity (Wildman–Crippen MR) is 192 cm³/mol. The third-order valence-corrected chi connectivity index (χ3v) is 9.93. The Morgan fingerprint density at radius 3 is 1.98 bits per heavy atom. The van der Waals surface area contributed by atoms with E-state index < -0.39 is 0 Å². The highest BCUT2D eigenvalue weighted by atomic mass is 32.1. The molecule has 10 heteroatoms. The van der Waals surface area contributed by atoms with Crippen LogP contribution in [0.3, 0.4) is 0 Å². The molecule has 2 fully saturated rings. The van der Waals surface area contributed by atoms with Gasteiger partial charge < -0.3 is 34.1 Å². The number of thiocarbonyl (C=S) groups is 1. The van der Waals surface area contributed by atoms with Crippen LogP contribution >= 0.6 is 12.2 Å². The quantitative estimate of drug-likeness (QED) is 0.155. The second-order valence-corrected chi connectivity index (χ2v) is 12.9. The minimum atomic E-state index is -0.163. The summed E-state index contributed by atoms with van der Waals surface area (Å²) in [4.78, 5) is 30.1. The van der Waals surface area contributed by atoms with E-state index in [1.165, 1.54) is 26.4 Å². The third-order valence-electron chi connectivity index (χ3n) is 9.57. The molecule has 3 aromatic rings. The fourth-order valence-corrected chi connectivity index (χ4v) is 6.91. The van der Waals surface area contributed by atoms with E-state index in [4.69, 9.17) is 31.2 Å². The van der Waals surface area contributed by atoms with Crippen LogP contribution in [0.15, 0.2) is 66.7 Å². The van der Waals surface area contributed by atoms with Crippen molar-refractivity contribution in [2.45, 2.75) is 44.9 Å². The maximum absolute atomic E-state index is 13.1. The lowest BCUT2D eigenvalue weighted by atomic mass is 9.87. The van der Waals surface area contributed by atoms with Crippen LogP contribution in [0.4, 0.5) is 5.69 Å². The number of hydrogen-bond acceptors (Lipinski definition) is 7. The van der Waals surface area contributed by atoms with Gasteiger partial charge in [-0.05, 0) is 98.3 Å². The molecule has 2 aliphatic heterocycles. The number of amides is 1. The van der Waals surface area contributed by atoms with Crippen molar-refractivity contribution in [3.05, 3.63) is 77.9 Å². The highest BCUT2D eigenvalue weighted by Gasteiger charge is 2.25. The normalized spacial score (nSPS) is 15.5. The molecule has 2 aliphatic rings. The van der Waals surface area contributed by atoms with Gasteiger partial charge in [0, 0.05) is 37.8 Å². The Morgan fingerprint density at radius 2 is 1.35 bits per heavy atom. The summed E-state index contributed by atoms with van der Waals surface area (Å²) in [5.74, 6) is 3.66. The van der Waals surface area contributed by atoms with Crippen LogP contribution in [-0.4, -0.2) is 80.7 Å². The molecule has 0 spiro atoms. The first kappa shape index (κ1) is 35.0. The van der Waals surface area contributed by atoms with Gasteiger partial charge in [0.15, 0.2) is 17.5 Å². The molecule has 3 aromatic carbocycles. The molecule has 256 valence electrons. The van der Waals surface area contributed by atoms with Crippen molar-refractivity contribution in [2.24, 2.45) is 11.8 Å². The Balaban J connectivity index is 0.965. The van der Waals surface area contributed by atoms with E-state index in [-0.39, 0.29) is 18.3 Å². The van der Waals surface area contributed by atoms with Crippen LogP contribution in [0.2, 0.25) is 0 Å². The second-order valence-electron chi connectivity index (χ2n) is 12.5. The molecular formula is C38H47N3O6S. The molecule has 2 heterocycles. The molecule has 9 nitrogen and oxygen atoms in total. The van der Waals surface area contributed by atoms with Crippen molar-refractivity contribution >= 4 is 34.7 Å². The molecule has 0 bridgehead atoms. The number of nitrogens with zero attached hydrogens (tertiary/aromatic N) is 2. The number of anilines is 1. The van der Waals surface area contributed by atoms with Crippen molar-refractivity contribution in [1.82, 2.24) is 9.80 Å². The van der Waals surface area contributed by atoms with Gasteiger partial charge in [0.05, 0.1) is 32.6 Å². The zero-order chi connectivity index (χ0) is 33.9. The number of ketones is 1. The third kappa shape index (κ3) is 9.18. The number of likely N-dealkylation sites (tertiary alicyclic amines) is 2. The first-order valence-electron chi connectivity index (χ1n) is 16.8. The summed E-state index contributed by atoms with van der Waals surface area (Å²) in [5, 5.41) is 4.12. The first-order valence-corrected chi connectivity index (χ1v) is 17.3. The number of benzene rings is 3. The lowest BCUT2D eigenvalue weighted by Crippen LogP contribution is -2.41. The maximum Gasteiger partial charge on any atom is 0.260 e. The van der Waals surface area contributed by atoms with Crippen LogP contribution in [-0.2, 0) is 4.79 Å². The lowest BCUT2D eigenvalue weighted by Gasteiger charge is -2.35. The fourth-order valence-electron chi connectivity index (χ4n) is 6.61. The number of para-hydroxylation sites is 2. The molecule has 0 aliphatic carbocycles. The molecule has 0 unspecified atom stereocenters. The molecule has 0 atom stereocenters. The molecule has 1 amide bonds. The second kappa shape index (κ2) is 17.2. The minimum absolute atomic E-state index is 0.00134. The molecule has 1 N–H and O–H groups in total. The summed E-state index contributed by atoms with van der Waals surface area (Å²) in [6.45, 7) is 3.50. The van der Waals surface area contributed by atoms with Gasteiger partial charge in [-0.1, -0.05) is 31.4 Å². The predicted octanol–water partition coefficient (Wildman–Crippen LogP) is 6.84. The molecular weight excluding hydrogens is 627 g/mol. The van der Waals surface area contributed by atoms with E-state index in [2.05, 4.69) is 10.2 Å². The summed E-state index contributed by atoms with van der Waals surface area (Å²) < 4.78 is 21.8. The summed E-state index contributed by atoms with van der Waals surface area (Å²) in [6, 6.07) is 19.8. The zero-order valence-electron chi connectivity index (χ0n) is 28.2. The highest BCUT2D eigenvalue weighted by Crippen LogP contribution is 2.30. The van der Waals surface area contributed by atoms with Crippen LogP contribution in [0.25, 0.3) is 0 Å². The van der Waals surface area contributed by atoms with Gasteiger partial charge in [-0.2, -0.15) is 0 Å². The number of rotatable bonds is 13. The van der Waals surface area contributed by atoms with Gasteiger partial charge in [0.1, 0.15) is 23.0 Å². The number of carbonyl (C=O) groups is 2. The number of ether oxygens (including phenoxy) is 4. The Kier molecular flexibility index (Phi) is 12.5. The molecule has 0 radical (unpaired) electrons. The van der Waals surface area contributed by atoms with Crippen molar-refractivity contribution in [1.29, 1.82) is 0 Å². The van der Waals surface area contributed by atoms with Gasteiger partial charge >= 0.3 is 0 Å². The van der Waals surface area contributed by atoms with Crippen LogP contribution < -0.4 is 24.3 Å². The van der Waals surface area contributed by atoms with E-state index in [1.54, 1.807) is 56.7 Å². The Bertz CT molecular complexity index is 1530. The van der Waals surface area contributed by atoms with E-state index in [9.17, 15) is 9.59 Å². The summed E-state index contributed by atoms with van der Waals surface area (Å²) in [6.07, 6.45) is 8.12. The smallest absolute Gasteiger partial charge is 0.260 e.